The molecule has 3 aromatic carbocycles. The summed E-state index contributed by atoms with van der Waals surface area (Å²) < 4.78 is 2.03. The lowest BCUT2D eigenvalue weighted by Crippen LogP contribution is -2.19. The Morgan fingerprint density at radius 1 is 0.769 bits per heavy atom. The van der Waals surface area contributed by atoms with Gasteiger partial charge in [-0.25, -0.2) is 4.98 Å². The fraction of sp³-hybridized carbons (Fsp3) is 0.174. The molecule has 0 saturated carbocycles. The summed E-state index contributed by atoms with van der Waals surface area (Å²) >= 11 is 0. The van der Waals surface area contributed by atoms with Gasteiger partial charge in [-0.2, -0.15) is 0 Å². The zero-order valence-electron chi connectivity index (χ0n) is 14.6. The summed E-state index contributed by atoms with van der Waals surface area (Å²) in [5.74, 6) is 0.169. The number of aliphatic hydroxyl groups is 1. The first-order chi connectivity index (χ1) is 12.8. The molecule has 0 aliphatic heterocycles. The van der Waals surface area contributed by atoms with E-state index in [0.717, 1.165) is 11.0 Å². The zero-order valence-corrected chi connectivity index (χ0v) is 14.6. The molecule has 0 radical (unpaired) electrons. The molecule has 130 valence electrons. The van der Waals surface area contributed by atoms with E-state index in [2.05, 4.69) is 53.5 Å². The van der Waals surface area contributed by atoms with Crippen molar-refractivity contribution in [3.05, 3.63) is 102 Å². The molecule has 1 aromatic heterocycles. The van der Waals surface area contributed by atoms with Crippen LogP contribution in [0.2, 0.25) is 0 Å². The molecule has 0 amide bonds. The van der Waals surface area contributed by atoms with E-state index in [1.807, 2.05) is 47.3 Å². The molecule has 4 rings (SSSR count). The van der Waals surface area contributed by atoms with Gasteiger partial charge >= 0.3 is 0 Å². The highest BCUT2D eigenvalue weighted by molar-refractivity contribution is 5.74. The molecule has 1 atom stereocenters. The van der Waals surface area contributed by atoms with Gasteiger partial charge in [-0.3, -0.25) is 0 Å². The summed E-state index contributed by atoms with van der Waals surface area (Å²) in [5.41, 5.74) is 4.48. The van der Waals surface area contributed by atoms with Gasteiger partial charge in [0.25, 0.3) is 0 Å². The van der Waals surface area contributed by atoms with E-state index in [1.54, 1.807) is 0 Å². The van der Waals surface area contributed by atoms with E-state index >= 15 is 0 Å². The first-order valence-corrected chi connectivity index (χ1v) is 8.99. The first kappa shape index (κ1) is 16.6. The Kier molecular flexibility index (Phi) is 4.80. The van der Waals surface area contributed by atoms with Crippen molar-refractivity contribution in [3.8, 4) is 0 Å². The molecule has 0 aliphatic rings. The largest absolute Gasteiger partial charge is 0.391 e. The standard InChI is InChI=1S/C23H22N2O/c26-20(16-25-17-24-22-13-7-8-14-23(22)25)15-21(18-9-3-1-4-10-18)19-11-5-2-6-12-19/h1-14,17,20-21,26H,15-16H2. The number of hydrogen-bond donors (Lipinski definition) is 1. The minimum absolute atomic E-state index is 0.169. The van der Waals surface area contributed by atoms with Crippen LogP contribution >= 0.6 is 0 Å². The number of aromatic nitrogens is 2. The third kappa shape index (κ3) is 3.53. The van der Waals surface area contributed by atoms with Crippen molar-refractivity contribution in [2.75, 3.05) is 0 Å². The Morgan fingerprint density at radius 3 is 2.00 bits per heavy atom. The van der Waals surface area contributed by atoms with Crippen LogP contribution in [0.1, 0.15) is 23.5 Å². The molecular weight excluding hydrogens is 320 g/mol. The number of aliphatic hydroxyl groups excluding tert-OH is 1. The van der Waals surface area contributed by atoms with Crippen LogP contribution in [-0.4, -0.2) is 20.8 Å². The first-order valence-electron chi connectivity index (χ1n) is 8.99. The summed E-state index contributed by atoms with van der Waals surface area (Å²) in [6.45, 7) is 0.538. The number of rotatable bonds is 6. The lowest BCUT2D eigenvalue weighted by Gasteiger charge is -2.22. The maximum atomic E-state index is 10.8. The zero-order chi connectivity index (χ0) is 17.8. The molecule has 0 aliphatic carbocycles. The summed E-state index contributed by atoms with van der Waals surface area (Å²) in [7, 11) is 0. The number of imidazole rings is 1. The topological polar surface area (TPSA) is 38.0 Å². The summed E-state index contributed by atoms with van der Waals surface area (Å²) in [6, 6.07) is 28.8. The monoisotopic (exact) mass is 342 g/mol. The SMILES string of the molecule is OC(CC(c1ccccc1)c1ccccc1)Cn1cnc2ccccc21. The average molecular weight is 342 g/mol. The van der Waals surface area contributed by atoms with E-state index < -0.39 is 6.10 Å². The molecule has 0 bridgehead atoms. The Labute approximate surface area is 153 Å². The molecule has 26 heavy (non-hydrogen) atoms. The van der Waals surface area contributed by atoms with Crippen LogP contribution in [0.25, 0.3) is 11.0 Å². The van der Waals surface area contributed by atoms with Crippen LogP contribution in [0.4, 0.5) is 0 Å². The molecule has 1 heterocycles. The highest BCUT2D eigenvalue weighted by Gasteiger charge is 2.19. The average Bonchev–Trinajstić information content (AvgIpc) is 3.10. The van der Waals surface area contributed by atoms with Crippen molar-refractivity contribution in [3.63, 3.8) is 0 Å². The molecule has 1 unspecified atom stereocenters. The molecule has 3 heteroatoms. The number of hydrogen-bond acceptors (Lipinski definition) is 2. The van der Waals surface area contributed by atoms with Gasteiger partial charge in [0.2, 0.25) is 0 Å². The highest BCUT2D eigenvalue weighted by Crippen LogP contribution is 2.29. The highest BCUT2D eigenvalue weighted by atomic mass is 16.3. The van der Waals surface area contributed by atoms with Crippen LogP contribution < -0.4 is 0 Å². The Morgan fingerprint density at radius 2 is 1.35 bits per heavy atom. The van der Waals surface area contributed by atoms with Crippen molar-refractivity contribution >= 4 is 11.0 Å². The van der Waals surface area contributed by atoms with Gasteiger partial charge in [-0.1, -0.05) is 72.8 Å². The van der Waals surface area contributed by atoms with Crippen molar-refractivity contribution in [1.82, 2.24) is 9.55 Å². The van der Waals surface area contributed by atoms with Gasteiger partial charge in [0.05, 0.1) is 30.0 Å². The van der Waals surface area contributed by atoms with Gasteiger partial charge in [-0.05, 0) is 29.7 Å². The van der Waals surface area contributed by atoms with Gasteiger partial charge in [-0.15, -0.1) is 0 Å². The van der Waals surface area contributed by atoms with Gasteiger partial charge < -0.3 is 9.67 Å². The van der Waals surface area contributed by atoms with Crippen molar-refractivity contribution < 1.29 is 5.11 Å². The van der Waals surface area contributed by atoms with E-state index in [0.29, 0.717) is 13.0 Å². The van der Waals surface area contributed by atoms with Gasteiger partial charge in [0.1, 0.15) is 0 Å². The van der Waals surface area contributed by atoms with Crippen LogP contribution in [0, 0.1) is 0 Å². The molecule has 0 saturated heterocycles. The molecule has 0 spiro atoms. The molecule has 1 N–H and O–H groups in total. The maximum absolute atomic E-state index is 10.8. The number of benzene rings is 3. The normalized spacial score (nSPS) is 12.5. The number of para-hydroxylation sites is 2. The Bertz CT molecular complexity index is 924. The molecule has 4 aromatic rings. The summed E-state index contributed by atoms with van der Waals surface area (Å²) in [4.78, 5) is 4.42. The van der Waals surface area contributed by atoms with Gasteiger partial charge in [0.15, 0.2) is 0 Å². The minimum atomic E-state index is -0.460. The lowest BCUT2D eigenvalue weighted by atomic mass is 9.86. The van der Waals surface area contributed by atoms with E-state index in [1.165, 1.54) is 11.1 Å². The summed E-state index contributed by atoms with van der Waals surface area (Å²) in [5, 5.41) is 10.8. The third-order valence-corrected chi connectivity index (χ3v) is 4.85. The summed E-state index contributed by atoms with van der Waals surface area (Å²) in [6.07, 6.45) is 2.02. The van der Waals surface area contributed by atoms with Gasteiger partial charge in [0, 0.05) is 5.92 Å². The van der Waals surface area contributed by atoms with E-state index in [9.17, 15) is 5.11 Å². The lowest BCUT2D eigenvalue weighted by molar-refractivity contribution is 0.141. The van der Waals surface area contributed by atoms with Crippen LogP contribution in [0.5, 0.6) is 0 Å². The smallest absolute Gasteiger partial charge is 0.0959 e. The van der Waals surface area contributed by atoms with Crippen LogP contribution in [0.15, 0.2) is 91.3 Å². The Balaban J connectivity index is 1.57. The van der Waals surface area contributed by atoms with Crippen LogP contribution in [0.3, 0.4) is 0 Å². The van der Waals surface area contributed by atoms with Crippen molar-refractivity contribution in [1.29, 1.82) is 0 Å². The fourth-order valence-corrected chi connectivity index (χ4v) is 3.56. The predicted octanol–water partition coefficient (Wildman–Crippen LogP) is 4.62. The quantitative estimate of drug-likeness (QED) is 0.555. The minimum Gasteiger partial charge on any atom is -0.391 e. The molecule has 0 fully saturated rings. The third-order valence-electron chi connectivity index (χ3n) is 4.85. The fourth-order valence-electron chi connectivity index (χ4n) is 3.56. The van der Waals surface area contributed by atoms with E-state index in [-0.39, 0.29) is 5.92 Å². The molecule has 3 nitrogen and oxygen atoms in total. The second-order valence-electron chi connectivity index (χ2n) is 6.65. The van der Waals surface area contributed by atoms with Crippen molar-refractivity contribution in [2.24, 2.45) is 0 Å². The maximum Gasteiger partial charge on any atom is 0.0959 e. The predicted molar refractivity (Wildman–Crippen MR) is 105 cm³/mol. The second kappa shape index (κ2) is 7.54. The van der Waals surface area contributed by atoms with Crippen molar-refractivity contribution in [2.45, 2.75) is 25.0 Å². The van der Waals surface area contributed by atoms with E-state index in [4.69, 9.17) is 0 Å². The van der Waals surface area contributed by atoms with Crippen LogP contribution in [-0.2, 0) is 6.54 Å². The Hall–Kier alpha value is -2.91. The second-order valence-corrected chi connectivity index (χ2v) is 6.65. The molecular formula is C23H22N2O. The number of fused-ring (bicyclic) bond motifs is 1. The number of nitrogens with zero attached hydrogens (tertiary/aromatic N) is 2.